The quantitative estimate of drug-likeness (QED) is 0.741. The van der Waals surface area contributed by atoms with E-state index in [0.717, 1.165) is 17.7 Å². The first-order chi connectivity index (χ1) is 12.5. The number of nitrogens with zero attached hydrogens (tertiary/aromatic N) is 1. The van der Waals surface area contributed by atoms with E-state index in [1.54, 1.807) is 19.9 Å². The summed E-state index contributed by atoms with van der Waals surface area (Å²) in [6, 6.07) is 8.14. The van der Waals surface area contributed by atoms with Gasteiger partial charge in [0.25, 0.3) is 15.9 Å². The fourth-order valence-electron chi connectivity index (χ4n) is 2.40. The van der Waals surface area contributed by atoms with Crippen LogP contribution in [0.25, 0.3) is 0 Å². The van der Waals surface area contributed by atoms with Crippen molar-refractivity contribution >= 4 is 15.9 Å². The SMILES string of the molecule is C#CCN(C(=O)c1ccccc1C(F)(F)F)S(=O)(=O)c1ccc(C)c(C)c1. The molecular weight excluding hydrogens is 379 g/mol. The molecule has 1 amide bonds. The number of aryl methyl sites for hydroxylation is 2. The second-order valence-corrected chi connectivity index (χ2v) is 7.67. The molecule has 4 nitrogen and oxygen atoms in total. The van der Waals surface area contributed by atoms with Crippen LogP contribution in [-0.2, 0) is 16.2 Å². The summed E-state index contributed by atoms with van der Waals surface area (Å²) < 4.78 is 65.7. The molecule has 0 saturated carbocycles. The number of hydrogen-bond donors (Lipinski definition) is 0. The largest absolute Gasteiger partial charge is 0.417 e. The molecule has 0 aliphatic heterocycles. The van der Waals surface area contributed by atoms with Crippen LogP contribution in [0.5, 0.6) is 0 Å². The zero-order valence-corrected chi connectivity index (χ0v) is 15.4. The Morgan fingerprint density at radius 3 is 2.30 bits per heavy atom. The van der Waals surface area contributed by atoms with E-state index in [2.05, 4.69) is 0 Å². The van der Waals surface area contributed by atoms with Gasteiger partial charge in [0.05, 0.1) is 22.6 Å². The summed E-state index contributed by atoms with van der Waals surface area (Å²) in [5, 5.41) is 0. The Hall–Kier alpha value is -2.79. The highest BCUT2D eigenvalue weighted by Crippen LogP contribution is 2.33. The lowest BCUT2D eigenvalue weighted by atomic mass is 10.1. The van der Waals surface area contributed by atoms with Crippen LogP contribution in [0.15, 0.2) is 47.4 Å². The number of benzene rings is 2. The second kappa shape index (κ2) is 7.45. The number of rotatable bonds is 4. The van der Waals surface area contributed by atoms with E-state index in [-0.39, 0.29) is 9.20 Å². The molecule has 0 radical (unpaired) electrons. The van der Waals surface area contributed by atoms with Crippen LogP contribution in [0.2, 0.25) is 0 Å². The minimum atomic E-state index is -4.82. The fraction of sp³-hybridized carbons (Fsp3) is 0.211. The van der Waals surface area contributed by atoms with E-state index in [1.165, 1.54) is 18.2 Å². The van der Waals surface area contributed by atoms with E-state index in [0.29, 0.717) is 11.6 Å². The summed E-state index contributed by atoms with van der Waals surface area (Å²) in [7, 11) is -4.44. The smallest absolute Gasteiger partial charge is 0.268 e. The number of carbonyl (C=O) groups is 1. The number of terminal acetylenes is 1. The molecule has 2 aromatic carbocycles. The number of carbonyl (C=O) groups excluding carboxylic acids is 1. The maximum atomic E-state index is 13.2. The summed E-state index contributed by atoms with van der Waals surface area (Å²) in [6.07, 6.45) is 0.346. The van der Waals surface area contributed by atoms with Crippen LogP contribution in [0.4, 0.5) is 13.2 Å². The lowest BCUT2D eigenvalue weighted by Gasteiger charge is -2.22. The molecule has 0 N–H and O–H groups in total. The van der Waals surface area contributed by atoms with Gasteiger partial charge in [0.1, 0.15) is 0 Å². The Balaban J connectivity index is 2.60. The van der Waals surface area contributed by atoms with Crippen molar-refractivity contribution in [2.24, 2.45) is 0 Å². The van der Waals surface area contributed by atoms with Crippen molar-refractivity contribution < 1.29 is 26.4 Å². The van der Waals surface area contributed by atoms with Crippen LogP contribution in [-0.4, -0.2) is 25.2 Å². The van der Waals surface area contributed by atoms with Crippen molar-refractivity contribution in [3.05, 3.63) is 64.7 Å². The predicted molar refractivity (Wildman–Crippen MR) is 94.4 cm³/mol. The van der Waals surface area contributed by atoms with Crippen molar-refractivity contribution in [2.75, 3.05) is 6.54 Å². The number of sulfonamides is 1. The molecule has 0 aliphatic rings. The highest BCUT2D eigenvalue weighted by Gasteiger charge is 2.38. The topological polar surface area (TPSA) is 54.5 Å². The maximum Gasteiger partial charge on any atom is 0.417 e. The van der Waals surface area contributed by atoms with Crippen molar-refractivity contribution in [1.29, 1.82) is 0 Å². The Labute approximate surface area is 155 Å². The maximum absolute atomic E-state index is 13.2. The third kappa shape index (κ3) is 4.14. The van der Waals surface area contributed by atoms with Crippen LogP contribution in [0.1, 0.15) is 27.0 Å². The normalized spacial score (nSPS) is 11.7. The van der Waals surface area contributed by atoms with Crippen LogP contribution < -0.4 is 0 Å². The molecule has 0 aliphatic carbocycles. The summed E-state index contributed by atoms with van der Waals surface area (Å²) in [5.41, 5.74) is -0.536. The highest BCUT2D eigenvalue weighted by atomic mass is 32.2. The Morgan fingerprint density at radius 1 is 1.11 bits per heavy atom. The van der Waals surface area contributed by atoms with E-state index >= 15 is 0 Å². The molecule has 8 heteroatoms. The molecule has 0 aromatic heterocycles. The standard InChI is InChI=1S/C19H16F3NO3S/c1-4-11-23(27(25,26)15-10-9-13(2)14(3)12-15)18(24)16-7-5-6-8-17(16)19(20,21)22/h1,5-10,12H,11H2,2-3H3. The van der Waals surface area contributed by atoms with Gasteiger partial charge in [-0.1, -0.05) is 24.1 Å². The summed E-state index contributed by atoms with van der Waals surface area (Å²) >= 11 is 0. The molecule has 0 atom stereocenters. The molecule has 2 aromatic rings. The molecule has 2 rings (SSSR count). The number of amides is 1. The minimum Gasteiger partial charge on any atom is -0.268 e. The number of hydrogen-bond acceptors (Lipinski definition) is 3. The molecular formula is C19H16F3NO3S. The van der Waals surface area contributed by atoms with Gasteiger partial charge in [-0.2, -0.15) is 13.2 Å². The molecule has 0 heterocycles. The third-order valence-electron chi connectivity index (χ3n) is 3.99. The van der Waals surface area contributed by atoms with Crippen LogP contribution in [0.3, 0.4) is 0 Å². The van der Waals surface area contributed by atoms with Gasteiger partial charge < -0.3 is 0 Å². The average Bonchev–Trinajstić information content (AvgIpc) is 2.60. The lowest BCUT2D eigenvalue weighted by molar-refractivity contribution is -0.138. The van der Waals surface area contributed by atoms with Gasteiger partial charge in [0.15, 0.2) is 0 Å². The first-order valence-electron chi connectivity index (χ1n) is 7.74. The van der Waals surface area contributed by atoms with E-state index < -0.39 is 39.8 Å². The molecule has 0 bridgehead atoms. The van der Waals surface area contributed by atoms with Crippen molar-refractivity contribution in [1.82, 2.24) is 4.31 Å². The van der Waals surface area contributed by atoms with Gasteiger partial charge in [-0.05, 0) is 49.2 Å². The zero-order chi connectivity index (χ0) is 20.4. The lowest BCUT2D eigenvalue weighted by Crippen LogP contribution is -2.38. The molecule has 0 fully saturated rings. The summed E-state index contributed by atoms with van der Waals surface area (Å²) in [6.45, 7) is 2.76. The van der Waals surface area contributed by atoms with Crippen molar-refractivity contribution in [3.8, 4) is 12.3 Å². The predicted octanol–water partition coefficient (Wildman–Crippen LogP) is 3.79. The van der Waals surface area contributed by atoms with E-state index in [4.69, 9.17) is 6.42 Å². The summed E-state index contributed by atoms with van der Waals surface area (Å²) in [4.78, 5) is 12.5. The molecule has 142 valence electrons. The summed E-state index contributed by atoms with van der Waals surface area (Å²) in [5.74, 6) is 0.689. The van der Waals surface area contributed by atoms with E-state index in [9.17, 15) is 26.4 Å². The van der Waals surface area contributed by atoms with Crippen LogP contribution in [0, 0.1) is 26.2 Å². The monoisotopic (exact) mass is 395 g/mol. The van der Waals surface area contributed by atoms with Crippen molar-refractivity contribution in [2.45, 2.75) is 24.9 Å². The van der Waals surface area contributed by atoms with Gasteiger partial charge in [0, 0.05) is 0 Å². The van der Waals surface area contributed by atoms with Gasteiger partial charge in [-0.15, -0.1) is 6.42 Å². The minimum absolute atomic E-state index is 0.223. The van der Waals surface area contributed by atoms with E-state index in [1.807, 2.05) is 5.92 Å². The molecule has 0 saturated heterocycles. The van der Waals surface area contributed by atoms with Crippen LogP contribution >= 0.6 is 0 Å². The highest BCUT2D eigenvalue weighted by molar-refractivity contribution is 7.89. The Bertz CT molecular complexity index is 1020. The van der Waals surface area contributed by atoms with Gasteiger partial charge in [-0.25, -0.2) is 12.7 Å². The fourth-order valence-corrected chi connectivity index (χ4v) is 3.78. The average molecular weight is 395 g/mol. The first kappa shape index (κ1) is 20.5. The van der Waals surface area contributed by atoms with Gasteiger partial charge >= 0.3 is 6.18 Å². The van der Waals surface area contributed by atoms with Gasteiger partial charge in [0.2, 0.25) is 0 Å². The number of halogens is 3. The number of alkyl halides is 3. The Morgan fingerprint density at radius 2 is 1.74 bits per heavy atom. The first-order valence-corrected chi connectivity index (χ1v) is 9.18. The second-order valence-electron chi connectivity index (χ2n) is 5.81. The molecule has 0 unspecified atom stereocenters. The van der Waals surface area contributed by atoms with Crippen molar-refractivity contribution in [3.63, 3.8) is 0 Å². The zero-order valence-electron chi connectivity index (χ0n) is 14.5. The van der Waals surface area contributed by atoms with Gasteiger partial charge in [-0.3, -0.25) is 4.79 Å². The molecule has 27 heavy (non-hydrogen) atoms. The molecule has 0 spiro atoms. The third-order valence-corrected chi connectivity index (χ3v) is 5.72. The Kier molecular flexibility index (Phi) is 5.66.